The van der Waals surface area contributed by atoms with Gasteiger partial charge in [-0.2, -0.15) is 0 Å². The molecule has 6 nitrogen and oxygen atoms in total. The van der Waals surface area contributed by atoms with Crippen LogP contribution in [0.2, 0.25) is 0 Å². The van der Waals surface area contributed by atoms with Crippen LogP contribution in [0, 0.1) is 33.3 Å². The van der Waals surface area contributed by atoms with E-state index in [2.05, 4.69) is 32.9 Å². The Morgan fingerprint density at radius 1 is 1.21 bits per heavy atom. The van der Waals surface area contributed by atoms with Crippen molar-refractivity contribution in [3.8, 4) is 11.5 Å². The minimum Gasteiger partial charge on any atom is -0.507 e. The van der Waals surface area contributed by atoms with Crippen molar-refractivity contribution in [3.63, 3.8) is 0 Å². The number of rotatable bonds is 4. The summed E-state index contributed by atoms with van der Waals surface area (Å²) in [5.74, 6) is 2.87. The quantitative estimate of drug-likeness (QED) is 0.341. The molecule has 0 amide bonds. The number of phenolic OH excluding ortho intramolecular Hbond substituents is 1. The Bertz CT molecular complexity index is 1030. The molecule has 1 aliphatic heterocycles. The summed E-state index contributed by atoms with van der Waals surface area (Å²) < 4.78 is 6.61. The fourth-order valence-corrected chi connectivity index (χ4v) is 8.98. The maximum absolute atomic E-state index is 11.4. The van der Waals surface area contributed by atoms with Crippen molar-refractivity contribution in [2.24, 2.45) is 23.2 Å². The first-order valence-corrected chi connectivity index (χ1v) is 12.6. The van der Waals surface area contributed by atoms with E-state index in [-0.39, 0.29) is 29.0 Å². The van der Waals surface area contributed by atoms with Crippen LogP contribution in [0.1, 0.15) is 89.2 Å². The number of hydrogen-bond donors (Lipinski definition) is 1. The SMILES string of the molecule is CC1=C[C@H]2c3c(O)cc([C@]45CC6CC(C[C@@](CO[N+](=O)[O-])(C6)C4)C5)cc3OC(C)(C)[C@@H]2CC1. The van der Waals surface area contributed by atoms with Gasteiger partial charge in [0.2, 0.25) is 0 Å². The van der Waals surface area contributed by atoms with Gasteiger partial charge in [-0.1, -0.05) is 11.6 Å². The number of allylic oxidation sites excluding steroid dienone is 2. The van der Waals surface area contributed by atoms with Crippen LogP contribution in [0.25, 0.3) is 0 Å². The summed E-state index contributed by atoms with van der Waals surface area (Å²) in [5.41, 5.74) is 3.01. The molecule has 6 heteroatoms. The normalized spacial score (nSPS) is 39.8. The zero-order chi connectivity index (χ0) is 23.2. The Morgan fingerprint density at radius 3 is 2.64 bits per heavy atom. The molecule has 1 heterocycles. The fourth-order valence-electron chi connectivity index (χ4n) is 8.98. The fraction of sp³-hybridized carbons (Fsp3) is 0.704. The summed E-state index contributed by atoms with van der Waals surface area (Å²) in [4.78, 5) is 15.9. The van der Waals surface area contributed by atoms with Crippen LogP contribution < -0.4 is 4.74 Å². The minimum absolute atomic E-state index is 0.0563. The van der Waals surface area contributed by atoms with Gasteiger partial charge >= 0.3 is 0 Å². The van der Waals surface area contributed by atoms with Crippen molar-refractivity contribution in [3.05, 3.63) is 45.0 Å². The van der Waals surface area contributed by atoms with Crippen molar-refractivity contribution in [1.29, 1.82) is 0 Å². The van der Waals surface area contributed by atoms with Crippen molar-refractivity contribution in [2.45, 2.75) is 89.1 Å². The zero-order valence-corrected chi connectivity index (χ0v) is 19.9. The molecule has 0 saturated heterocycles. The van der Waals surface area contributed by atoms with Gasteiger partial charge in [0.1, 0.15) is 23.7 Å². The molecule has 1 N–H and O–H groups in total. The first-order chi connectivity index (χ1) is 15.6. The number of phenols is 1. The highest BCUT2D eigenvalue weighted by molar-refractivity contribution is 5.55. The Labute approximate surface area is 195 Å². The molecule has 5 aliphatic carbocycles. The molecule has 7 rings (SSSR count). The molecule has 4 atom stereocenters. The Morgan fingerprint density at radius 2 is 1.94 bits per heavy atom. The first kappa shape index (κ1) is 21.3. The maximum Gasteiger partial charge on any atom is 0.294 e. The van der Waals surface area contributed by atoms with Gasteiger partial charge in [0.15, 0.2) is 0 Å². The number of benzene rings is 1. The molecule has 1 aromatic carbocycles. The van der Waals surface area contributed by atoms with Crippen molar-refractivity contribution in [1.82, 2.24) is 0 Å². The number of hydrogen-bond acceptors (Lipinski definition) is 5. The van der Waals surface area contributed by atoms with Gasteiger partial charge in [0, 0.05) is 17.4 Å². The molecule has 0 aromatic heterocycles. The van der Waals surface area contributed by atoms with Gasteiger partial charge in [0.25, 0.3) is 5.09 Å². The second-order valence-electron chi connectivity index (χ2n) is 12.5. The van der Waals surface area contributed by atoms with E-state index < -0.39 is 5.09 Å². The summed E-state index contributed by atoms with van der Waals surface area (Å²) in [6, 6.07) is 4.21. The third-order valence-electron chi connectivity index (χ3n) is 9.74. The molecule has 2 unspecified atom stereocenters. The Kier molecular flexibility index (Phi) is 4.45. The van der Waals surface area contributed by atoms with E-state index in [1.807, 2.05) is 6.07 Å². The number of nitrogens with zero attached hydrogens (tertiary/aromatic N) is 1. The molecule has 1 aromatic rings. The van der Waals surface area contributed by atoms with Crippen molar-refractivity contribution < 1.29 is 19.8 Å². The van der Waals surface area contributed by atoms with Crippen LogP contribution >= 0.6 is 0 Å². The molecule has 33 heavy (non-hydrogen) atoms. The van der Waals surface area contributed by atoms with E-state index in [1.54, 1.807) is 0 Å². The number of fused-ring (bicyclic) bond motifs is 3. The van der Waals surface area contributed by atoms with Gasteiger partial charge in [-0.15, -0.1) is 10.1 Å². The highest BCUT2D eigenvalue weighted by Crippen LogP contribution is 2.66. The smallest absolute Gasteiger partial charge is 0.294 e. The lowest BCUT2D eigenvalue weighted by molar-refractivity contribution is -0.761. The van der Waals surface area contributed by atoms with Gasteiger partial charge < -0.3 is 14.7 Å². The van der Waals surface area contributed by atoms with E-state index >= 15 is 0 Å². The third kappa shape index (κ3) is 3.27. The topological polar surface area (TPSA) is 81.8 Å². The van der Waals surface area contributed by atoms with E-state index in [0.717, 1.165) is 61.8 Å². The number of aromatic hydroxyl groups is 1. The summed E-state index contributed by atoms with van der Waals surface area (Å²) in [5, 5.41) is 21.7. The van der Waals surface area contributed by atoms with Crippen LogP contribution in [0.15, 0.2) is 23.8 Å². The first-order valence-electron chi connectivity index (χ1n) is 12.6. The molecule has 0 radical (unpaired) electrons. The summed E-state index contributed by atoms with van der Waals surface area (Å²) >= 11 is 0. The molecule has 4 bridgehead atoms. The van der Waals surface area contributed by atoms with E-state index in [1.165, 1.54) is 12.0 Å². The molecule has 6 aliphatic rings. The standard InChI is InChI=1S/C27H35NO5/c1-16-4-5-21-20(6-16)24-22(29)8-19(9-23(24)33-25(21,2)3)27-12-17-7-18(13-27)11-26(10-17,14-27)15-32-28(30)31/h6,8-9,17-18,20-21,29H,4-5,7,10-15H2,1-3H3/t17?,18?,20-,21-,26-,27-/m1/s1. The zero-order valence-electron chi connectivity index (χ0n) is 19.9. The lowest BCUT2D eigenvalue weighted by Gasteiger charge is -2.62. The maximum atomic E-state index is 11.4. The van der Waals surface area contributed by atoms with Gasteiger partial charge in [-0.25, -0.2) is 0 Å². The predicted molar refractivity (Wildman–Crippen MR) is 124 cm³/mol. The second kappa shape index (κ2) is 6.89. The summed E-state index contributed by atoms with van der Waals surface area (Å²) in [6.45, 7) is 6.75. The average molecular weight is 454 g/mol. The Balaban J connectivity index is 1.41. The molecular formula is C27H35NO5. The van der Waals surface area contributed by atoms with Gasteiger partial charge in [-0.3, -0.25) is 0 Å². The molecule has 4 fully saturated rings. The largest absolute Gasteiger partial charge is 0.507 e. The Hall–Kier alpha value is -2.24. The van der Waals surface area contributed by atoms with E-state index in [4.69, 9.17) is 9.57 Å². The van der Waals surface area contributed by atoms with E-state index in [0.29, 0.717) is 23.5 Å². The van der Waals surface area contributed by atoms with Crippen LogP contribution in [0.4, 0.5) is 0 Å². The predicted octanol–water partition coefficient (Wildman–Crippen LogP) is 6.05. The van der Waals surface area contributed by atoms with Crippen LogP contribution in [0.3, 0.4) is 0 Å². The monoisotopic (exact) mass is 453 g/mol. The lowest BCUT2D eigenvalue weighted by Crippen LogP contribution is -2.55. The molecule has 0 spiro atoms. The molecule has 178 valence electrons. The van der Waals surface area contributed by atoms with E-state index in [9.17, 15) is 15.2 Å². The van der Waals surface area contributed by atoms with Crippen LogP contribution in [-0.4, -0.2) is 22.4 Å². The minimum atomic E-state index is -0.637. The second-order valence-corrected chi connectivity index (χ2v) is 12.5. The highest BCUT2D eigenvalue weighted by atomic mass is 16.9. The van der Waals surface area contributed by atoms with Crippen LogP contribution in [-0.2, 0) is 10.3 Å². The molecule has 4 saturated carbocycles. The summed E-state index contributed by atoms with van der Waals surface area (Å²) in [7, 11) is 0. The average Bonchev–Trinajstić information content (AvgIpc) is 2.70. The summed E-state index contributed by atoms with van der Waals surface area (Å²) in [6.07, 6.45) is 10.8. The lowest BCUT2D eigenvalue weighted by atomic mass is 9.43. The molecular weight excluding hydrogens is 418 g/mol. The third-order valence-corrected chi connectivity index (χ3v) is 9.74. The van der Waals surface area contributed by atoms with Crippen LogP contribution in [0.5, 0.6) is 11.5 Å². The van der Waals surface area contributed by atoms with Gasteiger partial charge in [0.05, 0.1) is 0 Å². The highest BCUT2D eigenvalue weighted by Gasteiger charge is 2.59. The van der Waals surface area contributed by atoms with Crippen molar-refractivity contribution >= 4 is 0 Å². The number of ether oxygens (including phenoxy) is 1. The van der Waals surface area contributed by atoms with Gasteiger partial charge in [-0.05, 0) is 112 Å². The van der Waals surface area contributed by atoms with Crippen molar-refractivity contribution in [2.75, 3.05) is 6.61 Å².